The van der Waals surface area contributed by atoms with E-state index in [0.29, 0.717) is 42.9 Å². The van der Waals surface area contributed by atoms with Crippen LogP contribution in [0.25, 0.3) is 0 Å². The van der Waals surface area contributed by atoms with Crippen LogP contribution in [0.5, 0.6) is 17.2 Å². The number of aliphatic hydroxyl groups is 1. The van der Waals surface area contributed by atoms with Crippen molar-refractivity contribution in [2.24, 2.45) is 5.92 Å². The predicted octanol–water partition coefficient (Wildman–Crippen LogP) is 3.73. The van der Waals surface area contributed by atoms with Gasteiger partial charge in [-0.2, -0.15) is 0 Å². The van der Waals surface area contributed by atoms with Crippen LogP contribution in [0, 0.1) is 5.92 Å². The Morgan fingerprint density at radius 3 is 2.82 bits per heavy atom. The van der Waals surface area contributed by atoms with Crippen molar-refractivity contribution in [3.8, 4) is 17.2 Å². The summed E-state index contributed by atoms with van der Waals surface area (Å²) in [6.07, 6.45) is 1.17. The lowest BCUT2D eigenvalue weighted by Gasteiger charge is -2.36. The smallest absolute Gasteiger partial charge is 0.203 e. The zero-order chi connectivity index (χ0) is 19.5. The second-order valence-corrected chi connectivity index (χ2v) is 9.25. The van der Waals surface area contributed by atoms with Crippen LogP contribution < -0.4 is 14.2 Å². The minimum absolute atomic E-state index is 0.229. The van der Waals surface area contributed by atoms with Crippen LogP contribution in [0.15, 0.2) is 30.3 Å². The Hall–Kier alpha value is -1.76. The number of piperidine rings is 1. The number of hydrogen-bond donors (Lipinski definition) is 1. The zero-order valence-corrected chi connectivity index (χ0v) is 17.4. The molecule has 0 saturated carbocycles. The van der Waals surface area contributed by atoms with Gasteiger partial charge in [-0.15, -0.1) is 11.3 Å². The summed E-state index contributed by atoms with van der Waals surface area (Å²) in [5, 5.41) is 10.7. The van der Waals surface area contributed by atoms with Gasteiger partial charge in [0, 0.05) is 29.4 Å². The Labute approximate surface area is 170 Å². The summed E-state index contributed by atoms with van der Waals surface area (Å²) in [6.45, 7) is 8.00. The van der Waals surface area contributed by atoms with Crippen molar-refractivity contribution in [3.05, 3.63) is 40.1 Å². The second-order valence-electron chi connectivity index (χ2n) is 7.99. The quantitative estimate of drug-likeness (QED) is 0.796. The molecule has 0 unspecified atom stereocenters. The van der Waals surface area contributed by atoms with Crippen molar-refractivity contribution in [1.82, 2.24) is 4.90 Å². The Kier molecular flexibility index (Phi) is 6.09. The second kappa shape index (κ2) is 8.72. The third-order valence-electron chi connectivity index (χ3n) is 5.12. The lowest BCUT2D eigenvalue weighted by molar-refractivity contribution is -0.0288. The molecule has 0 amide bonds. The van der Waals surface area contributed by atoms with Gasteiger partial charge in [0.15, 0.2) is 11.5 Å². The number of para-hydroxylation sites is 1. The lowest BCUT2D eigenvalue weighted by Crippen LogP contribution is -2.48. The maximum Gasteiger partial charge on any atom is 0.203 e. The first-order chi connectivity index (χ1) is 13.6. The molecule has 0 bridgehead atoms. The fourth-order valence-electron chi connectivity index (χ4n) is 3.80. The van der Waals surface area contributed by atoms with Gasteiger partial charge in [0.05, 0.1) is 0 Å². The zero-order valence-electron chi connectivity index (χ0n) is 16.6. The molecule has 1 saturated heterocycles. The topological polar surface area (TPSA) is 51.2 Å². The molecule has 2 aromatic rings. The van der Waals surface area contributed by atoms with E-state index in [4.69, 9.17) is 14.2 Å². The molecule has 1 fully saturated rings. The van der Waals surface area contributed by atoms with Crippen LogP contribution in [0.2, 0.25) is 0 Å². The number of rotatable bonds is 6. The Morgan fingerprint density at radius 2 is 2.00 bits per heavy atom. The van der Waals surface area contributed by atoms with E-state index in [9.17, 15) is 5.11 Å². The largest absolute Gasteiger partial charge is 0.486 e. The van der Waals surface area contributed by atoms with Crippen LogP contribution in [-0.2, 0) is 13.0 Å². The molecule has 0 spiro atoms. The monoisotopic (exact) mass is 403 g/mol. The van der Waals surface area contributed by atoms with Crippen molar-refractivity contribution in [2.45, 2.75) is 45.4 Å². The first-order valence-corrected chi connectivity index (χ1v) is 10.9. The molecule has 4 rings (SSSR count). The Bertz CT molecular complexity index is 791. The molecule has 6 heteroatoms. The fourth-order valence-corrected chi connectivity index (χ4v) is 5.07. The standard InChI is InChI=1S/C22H29NO4S/c1-15(2)12-16-6-7-17(28-16)13-23-9-8-19(18(24)14-23)27-21-5-3-4-20-22(21)26-11-10-25-20/h3-7,15,18-19,24H,8-14H2,1-2H3/t18-,19-/m1/s1. The van der Waals surface area contributed by atoms with Gasteiger partial charge < -0.3 is 19.3 Å². The average Bonchev–Trinajstić information content (AvgIpc) is 3.10. The number of nitrogens with zero attached hydrogens (tertiary/aromatic N) is 1. The summed E-state index contributed by atoms with van der Waals surface area (Å²) in [7, 11) is 0. The number of benzene rings is 1. The molecule has 28 heavy (non-hydrogen) atoms. The highest BCUT2D eigenvalue weighted by Crippen LogP contribution is 2.40. The van der Waals surface area contributed by atoms with Crippen molar-refractivity contribution in [1.29, 1.82) is 0 Å². The lowest BCUT2D eigenvalue weighted by atomic mass is 10.0. The molecule has 2 aliphatic heterocycles. The van der Waals surface area contributed by atoms with Gasteiger partial charge in [0.2, 0.25) is 5.75 Å². The van der Waals surface area contributed by atoms with Gasteiger partial charge >= 0.3 is 0 Å². The van der Waals surface area contributed by atoms with Gasteiger partial charge in [0.1, 0.15) is 25.4 Å². The third-order valence-corrected chi connectivity index (χ3v) is 6.21. The van der Waals surface area contributed by atoms with E-state index in [-0.39, 0.29) is 6.10 Å². The first-order valence-electron chi connectivity index (χ1n) is 10.1. The van der Waals surface area contributed by atoms with Crippen LogP contribution in [0.3, 0.4) is 0 Å². The van der Waals surface area contributed by atoms with Gasteiger partial charge in [-0.05, 0) is 43.0 Å². The normalized spacial score (nSPS) is 22.4. The summed E-state index contributed by atoms with van der Waals surface area (Å²) in [5.41, 5.74) is 0. The molecule has 0 radical (unpaired) electrons. The number of β-amino-alcohol motifs (C(OH)–C–C–N with tert-alkyl or cyclic N) is 1. The summed E-state index contributed by atoms with van der Waals surface area (Å²) in [6, 6.07) is 10.1. The van der Waals surface area contributed by atoms with Gasteiger partial charge in [-0.3, -0.25) is 4.90 Å². The summed E-state index contributed by atoms with van der Waals surface area (Å²) >= 11 is 1.89. The molecular formula is C22H29NO4S. The van der Waals surface area contributed by atoms with Gasteiger partial charge in [-0.1, -0.05) is 19.9 Å². The van der Waals surface area contributed by atoms with Crippen molar-refractivity contribution in [3.63, 3.8) is 0 Å². The minimum Gasteiger partial charge on any atom is -0.486 e. The number of fused-ring (bicyclic) bond motifs is 1. The van der Waals surface area contributed by atoms with Crippen LogP contribution in [0.4, 0.5) is 0 Å². The number of ether oxygens (including phenoxy) is 3. The summed E-state index contributed by atoms with van der Waals surface area (Å²) in [5.74, 6) is 2.70. The molecular weight excluding hydrogens is 374 g/mol. The molecule has 152 valence electrons. The van der Waals surface area contributed by atoms with E-state index in [0.717, 1.165) is 25.9 Å². The summed E-state index contributed by atoms with van der Waals surface area (Å²) < 4.78 is 17.5. The molecule has 3 heterocycles. The maximum atomic E-state index is 10.7. The minimum atomic E-state index is -0.524. The number of thiophene rings is 1. The summed E-state index contributed by atoms with van der Waals surface area (Å²) in [4.78, 5) is 5.13. The molecule has 1 aromatic heterocycles. The van der Waals surface area contributed by atoms with Gasteiger partial charge in [0.25, 0.3) is 0 Å². The number of hydrogen-bond acceptors (Lipinski definition) is 6. The predicted molar refractivity (Wildman–Crippen MR) is 111 cm³/mol. The highest BCUT2D eigenvalue weighted by Gasteiger charge is 2.31. The molecule has 2 atom stereocenters. The number of likely N-dealkylation sites (tertiary alicyclic amines) is 1. The Balaban J connectivity index is 1.34. The van der Waals surface area contributed by atoms with Crippen molar-refractivity contribution >= 4 is 11.3 Å². The molecule has 1 N–H and O–H groups in total. The van der Waals surface area contributed by atoms with Crippen molar-refractivity contribution < 1.29 is 19.3 Å². The van der Waals surface area contributed by atoms with Crippen LogP contribution >= 0.6 is 11.3 Å². The van der Waals surface area contributed by atoms with E-state index in [1.165, 1.54) is 9.75 Å². The van der Waals surface area contributed by atoms with Gasteiger partial charge in [-0.25, -0.2) is 0 Å². The molecule has 5 nitrogen and oxygen atoms in total. The fraction of sp³-hybridized carbons (Fsp3) is 0.545. The van der Waals surface area contributed by atoms with E-state index >= 15 is 0 Å². The van der Waals surface area contributed by atoms with Crippen LogP contribution in [-0.4, -0.2) is 48.5 Å². The molecule has 0 aliphatic carbocycles. The van der Waals surface area contributed by atoms with E-state index < -0.39 is 6.10 Å². The average molecular weight is 404 g/mol. The van der Waals surface area contributed by atoms with Crippen molar-refractivity contribution in [2.75, 3.05) is 26.3 Å². The molecule has 1 aromatic carbocycles. The van der Waals surface area contributed by atoms with E-state index in [1.54, 1.807) is 0 Å². The molecule has 2 aliphatic rings. The first kappa shape index (κ1) is 19.6. The van der Waals surface area contributed by atoms with Crippen LogP contribution in [0.1, 0.15) is 30.0 Å². The highest BCUT2D eigenvalue weighted by atomic mass is 32.1. The third kappa shape index (κ3) is 4.62. The number of aliphatic hydroxyl groups excluding tert-OH is 1. The maximum absolute atomic E-state index is 10.7. The highest BCUT2D eigenvalue weighted by molar-refractivity contribution is 7.11. The van der Waals surface area contributed by atoms with E-state index in [1.807, 2.05) is 29.5 Å². The van der Waals surface area contributed by atoms with E-state index in [2.05, 4.69) is 30.9 Å². The SMILES string of the molecule is CC(C)Cc1ccc(CN2CC[C@@H](Oc3cccc4c3OCCO4)[C@H](O)C2)s1. The Morgan fingerprint density at radius 1 is 1.18 bits per heavy atom.